The van der Waals surface area contributed by atoms with E-state index in [9.17, 15) is 9.90 Å². The van der Waals surface area contributed by atoms with E-state index in [0.29, 0.717) is 13.2 Å². The van der Waals surface area contributed by atoms with Gasteiger partial charge in [-0.15, -0.1) is 0 Å². The predicted molar refractivity (Wildman–Crippen MR) is 142 cm³/mol. The maximum atomic E-state index is 12.0. The summed E-state index contributed by atoms with van der Waals surface area (Å²) >= 11 is 0. The highest BCUT2D eigenvalue weighted by Gasteiger charge is 2.13. The Balaban J connectivity index is 1.53. The minimum absolute atomic E-state index is 0.00453. The lowest BCUT2D eigenvalue weighted by Crippen LogP contribution is -2.17. The number of allylic oxidation sites excluding steroid dienone is 1. The fraction of sp³-hybridized carbons (Fsp3) is 0.233. The highest BCUT2D eigenvalue weighted by atomic mass is 16.5. The third-order valence-corrected chi connectivity index (χ3v) is 6.09. The summed E-state index contributed by atoms with van der Waals surface area (Å²) in [4.78, 5) is 12.0. The van der Waals surface area contributed by atoms with Gasteiger partial charge in [0.2, 0.25) is 0 Å². The van der Waals surface area contributed by atoms with E-state index < -0.39 is 0 Å². The van der Waals surface area contributed by atoms with E-state index in [1.54, 1.807) is 22.9 Å². The summed E-state index contributed by atoms with van der Waals surface area (Å²) in [5, 5.41) is 12.9. The monoisotopic (exact) mass is 468 g/mol. The van der Waals surface area contributed by atoms with Crippen LogP contribution in [-0.4, -0.2) is 21.5 Å². The number of aryl methyl sites for hydroxylation is 2. The smallest absolute Gasteiger partial charge is 0.266 e. The van der Waals surface area contributed by atoms with Gasteiger partial charge in [-0.1, -0.05) is 68.4 Å². The fourth-order valence-corrected chi connectivity index (χ4v) is 4.27. The number of aromatic hydroxyl groups is 1. The zero-order valence-corrected chi connectivity index (χ0v) is 20.3. The lowest BCUT2D eigenvalue weighted by Gasteiger charge is -2.17. The third kappa shape index (κ3) is 5.93. The molecular formula is C30H32N2O3. The van der Waals surface area contributed by atoms with Gasteiger partial charge in [0, 0.05) is 24.7 Å². The first-order chi connectivity index (χ1) is 17.1. The molecule has 3 aromatic carbocycles. The number of phenolic OH excluding ortho intramolecular Hbond substituents is 1. The van der Waals surface area contributed by atoms with Crippen LogP contribution in [-0.2, 0) is 13.0 Å². The second-order valence-corrected chi connectivity index (χ2v) is 8.47. The number of benzene rings is 3. The first-order valence-electron chi connectivity index (χ1n) is 12.2. The van der Waals surface area contributed by atoms with E-state index in [0.717, 1.165) is 47.4 Å². The number of hydrogen-bond donors (Lipinski definition) is 2. The Kier molecular flexibility index (Phi) is 7.88. The average molecular weight is 469 g/mol. The van der Waals surface area contributed by atoms with Crippen molar-refractivity contribution < 1.29 is 9.84 Å². The van der Waals surface area contributed by atoms with E-state index in [4.69, 9.17) is 4.74 Å². The first-order valence-corrected chi connectivity index (χ1v) is 12.2. The van der Waals surface area contributed by atoms with Crippen molar-refractivity contribution in [2.24, 2.45) is 0 Å². The zero-order chi connectivity index (χ0) is 24.6. The van der Waals surface area contributed by atoms with Gasteiger partial charge in [-0.3, -0.25) is 14.6 Å². The summed E-state index contributed by atoms with van der Waals surface area (Å²) in [5.41, 5.74) is 6.67. The summed E-state index contributed by atoms with van der Waals surface area (Å²) < 4.78 is 7.58. The lowest BCUT2D eigenvalue weighted by atomic mass is 9.88. The van der Waals surface area contributed by atoms with E-state index in [1.165, 1.54) is 11.1 Å². The third-order valence-electron chi connectivity index (χ3n) is 6.09. The van der Waals surface area contributed by atoms with Crippen LogP contribution in [0.15, 0.2) is 89.7 Å². The molecule has 0 radical (unpaired) electrons. The molecule has 0 aliphatic rings. The molecule has 35 heavy (non-hydrogen) atoms. The number of ether oxygens (including phenoxy) is 1. The largest absolute Gasteiger partial charge is 0.508 e. The second kappa shape index (κ2) is 11.4. The van der Waals surface area contributed by atoms with E-state index in [-0.39, 0.29) is 11.3 Å². The molecule has 1 heterocycles. The van der Waals surface area contributed by atoms with Gasteiger partial charge in [0.15, 0.2) is 0 Å². The van der Waals surface area contributed by atoms with Gasteiger partial charge in [0.1, 0.15) is 11.5 Å². The van der Waals surface area contributed by atoms with Crippen LogP contribution in [0.3, 0.4) is 0 Å². The lowest BCUT2D eigenvalue weighted by molar-refractivity contribution is 0.297. The Hall–Kier alpha value is -3.99. The number of nitrogens with one attached hydrogen (secondary N) is 1. The molecule has 4 rings (SSSR count). The summed E-state index contributed by atoms with van der Waals surface area (Å²) in [6, 6.07) is 27.6. The van der Waals surface area contributed by atoms with Gasteiger partial charge >= 0.3 is 0 Å². The van der Waals surface area contributed by atoms with Crippen LogP contribution in [0.25, 0.3) is 11.1 Å². The van der Waals surface area contributed by atoms with E-state index >= 15 is 0 Å². The van der Waals surface area contributed by atoms with Crippen molar-refractivity contribution in [2.75, 3.05) is 6.61 Å². The van der Waals surface area contributed by atoms with Gasteiger partial charge in [-0.05, 0) is 64.9 Å². The van der Waals surface area contributed by atoms with Crippen LogP contribution >= 0.6 is 0 Å². The summed E-state index contributed by atoms with van der Waals surface area (Å²) in [5.74, 6) is 1.05. The molecular weight excluding hydrogens is 436 g/mol. The highest BCUT2D eigenvalue weighted by molar-refractivity contribution is 5.98. The molecule has 0 amide bonds. The Labute approximate surface area is 206 Å². The maximum absolute atomic E-state index is 12.0. The summed E-state index contributed by atoms with van der Waals surface area (Å²) in [6.07, 6.45) is 2.42. The van der Waals surface area contributed by atoms with Crippen LogP contribution < -0.4 is 10.3 Å². The van der Waals surface area contributed by atoms with Crippen LogP contribution in [0.2, 0.25) is 0 Å². The Morgan fingerprint density at radius 1 is 0.886 bits per heavy atom. The molecule has 0 aliphatic carbocycles. The molecule has 0 atom stereocenters. The molecule has 0 saturated carbocycles. The summed E-state index contributed by atoms with van der Waals surface area (Å²) in [7, 11) is 0. The zero-order valence-electron chi connectivity index (χ0n) is 20.3. The molecule has 180 valence electrons. The van der Waals surface area contributed by atoms with Crippen LogP contribution in [0.4, 0.5) is 0 Å². The van der Waals surface area contributed by atoms with Gasteiger partial charge in [-0.2, -0.15) is 0 Å². The average Bonchev–Trinajstić information content (AvgIpc) is 3.26. The molecule has 0 bridgehead atoms. The van der Waals surface area contributed by atoms with Crippen molar-refractivity contribution >= 4 is 11.1 Å². The number of aromatic nitrogens is 2. The van der Waals surface area contributed by atoms with Gasteiger partial charge in [0.25, 0.3) is 5.56 Å². The van der Waals surface area contributed by atoms with Crippen LogP contribution in [0.5, 0.6) is 11.5 Å². The summed E-state index contributed by atoms with van der Waals surface area (Å²) in [6.45, 7) is 5.31. The number of hydrogen-bond acceptors (Lipinski definition) is 3. The standard InChI is InChI=1S/C30H32N2O3/c1-3-25-21-29(34)32(31-25)19-8-20-35-27-17-13-24(14-18-27)30(23-11-15-26(33)16-12-23)28(4-2)22-9-6-5-7-10-22/h5-7,9-18,21,31,33H,3-4,8,19-20H2,1-2H3/b30-28-. The Bertz CT molecular complexity index is 1310. The molecule has 5 heteroatoms. The predicted octanol–water partition coefficient (Wildman–Crippen LogP) is 6.28. The second-order valence-electron chi connectivity index (χ2n) is 8.47. The number of phenols is 1. The van der Waals surface area contributed by atoms with Crippen molar-refractivity contribution in [3.63, 3.8) is 0 Å². The van der Waals surface area contributed by atoms with Crippen molar-refractivity contribution in [3.05, 3.63) is 118 Å². The molecule has 5 nitrogen and oxygen atoms in total. The number of rotatable bonds is 10. The Morgan fingerprint density at radius 2 is 1.54 bits per heavy atom. The van der Waals surface area contributed by atoms with Gasteiger partial charge in [0.05, 0.1) is 6.61 Å². The quantitative estimate of drug-likeness (QED) is 0.213. The molecule has 1 aromatic heterocycles. The van der Waals surface area contributed by atoms with E-state index in [1.807, 2.05) is 37.3 Å². The normalized spacial score (nSPS) is 11.8. The van der Waals surface area contributed by atoms with Crippen molar-refractivity contribution in [3.8, 4) is 11.5 Å². The first kappa shape index (κ1) is 24.1. The molecule has 0 fully saturated rings. The minimum atomic E-state index is 0.00453. The molecule has 2 N–H and O–H groups in total. The number of nitrogens with zero attached hydrogens (tertiary/aromatic N) is 1. The Morgan fingerprint density at radius 3 is 2.14 bits per heavy atom. The minimum Gasteiger partial charge on any atom is -0.508 e. The molecule has 0 aliphatic heterocycles. The van der Waals surface area contributed by atoms with Crippen LogP contribution in [0, 0.1) is 0 Å². The van der Waals surface area contributed by atoms with Crippen LogP contribution in [0.1, 0.15) is 49.1 Å². The topological polar surface area (TPSA) is 67.2 Å². The maximum Gasteiger partial charge on any atom is 0.266 e. The SMILES string of the molecule is CC/C(=C(\c1ccc(O)cc1)c1ccc(OCCCn2[nH]c(CC)cc2=O)cc1)c1ccccc1. The van der Waals surface area contributed by atoms with Crippen molar-refractivity contribution in [2.45, 2.75) is 39.7 Å². The number of aromatic amines is 1. The molecule has 0 unspecified atom stereocenters. The van der Waals surface area contributed by atoms with Gasteiger partial charge < -0.3 is 9.84 Å². The fourth-order valence-electron chi connectivity index (χ4n) is 4.27. The molecule has 4 aromatic rings. The van der Waals surface area contributed by atoms with Crippen molar-refractivity contribution in [1.82, 2.24) is 9.78 Å². The van der Waals surface area contributed by atoms with E-state index in [2.05, 4.69) is 48.4 Å². The molecule has 0 spiro atoms. The molecule has 0 saturated heterocycles. The van der Waals surface area contributed by atoms with Crippen molar-refractivity contribution in [1.29, 1.82) is 0 Å². The van der Waals surface area contributed by atoms with Gasteiger partial charge in [-0.25, -0.2) is 0 Å². The number of H-pyrrole nitrogens is 1. The highest BCUT2D eigenvalue weighted by Crippen LogP contribution is 2.35.